The van der Waals surface area contributed by atoms with E-state index in [1.54, 1.807) is 13.2 Å². The maximum atomic E-state index is 12.1. The van der Waals surface area contributed by atoms with E-state index in [0.29, 0.717) is 11.3 Å². The lowest BCUT2D eigenvalue weighted by Gasteiger charge is -2.15. The second-order valence-electron chi connectivity index (χ2n) is 3.85. The number of ether oxygens (including phenoxy) is 1. The molecule has 0 aliphatic carbocycles. The van der Waals surface area contributed by atoms with Gasteiger partial charge in [0.1, 0.15) is 5.75 Å². The molecule has 0 N–H and O–H groups in total. The van der Waals surface area contributed by atoms with Crippen molar-refractivity contribution < 1.29 is 9.53 Å². The molecule has 3 nitrogen and oxygen atoms in total. The number of carbonyl (C=O) groups is 1. The fourth-order valence-electron chi connectivity index (χ4n) is 1.90. The zero-order chi connectivity index (χ0) is 11.5. The standard InChI is InChI=1S/C12H14BrNO2/c1-16-11-8-9(4-5-10(11)13)12(15)14-6-2-3-7-14/h4-5,8H,2-3,6-7H2,1H3. The van der Waals surface area contributed by atoms with Crippen LogP contribution in [0.1, 0.15) is 23.2 Å². The maximum absolute atomic E-state index is 12.1. The molecule has 1 aromatic carbocycles. The second kappa shape index (κ2) is 4.87. The Balaban J connectivity index is 2.22. The fraction of sp³-hybridized carbons (Fsp3) is 0.417. The largest absolute Gasteiger partial charge is 0.496 e. The van der Waals surface area contributed by atoms with Crippen LogP contribution in [0.3, 0.4) is 0 Å². The van der Waals surface area contributed by atoms with Crippen molar-refractivity contribution in [2.24, 2.45) is 0 Å². The Morgan fingerprint density at radius 3 is 2.69 bits per heavy atom. The van der Waals surface area contributed by atoms with Crippen LogP contribution in [0.5, 0.6) is 5.75 Å². The smallest absolute Gasteiger partial charge is 0.253 e. The van der Waals surface area contributed by atoms with Crippen LogP contribution in [-0.4, -0.2) is 31.0 Å². The van der Waals surface area contributed by atoms with E-state index in [1.807, 2.05) is 17.0 Å². The highest BCUT2D eigenvalue weighted by Gasteiger charge is 2.20. The van der Waals surface area contributed by atoms with E-state index in [0.717, 1.165) is 30.4 Å². The van der Waals surface area contributed by atoms with Crippen molar-refractivity contribution in [3.63, 3.8) is 0 Å². The molecule has 0 spiro atoms. The van der Waals surface area contributed by atoms with E-state index in [2.05, 4.69) is 15.9 Å². The highest BCUT2D eigenvalue weighted by Crippen LogP contribution is 2.26. The molecule has 1 amide bonds. The van der Waals surface area contributed by atoms with Crippen LogP contribution >= 0.6 is 15.9 Å². The number of carbonyl (C=O) groups excluding carboxylic acids is 1. The number of amides is 1. The first-order valence-corrected chi connectivity index (χ1v) is 6.14. The van der Waals surface area contributed by atoms with Gasteiger partial charge in [-0.1, -0.05) is 0 Å². The van der Waals surface area contributed by atoms with Crippen molar-refractivity contribution >= 4 is 21.8 Å². The number of likely N-dealkylation sites (tertiary alicyclic amines) is 1. The van der Waals surface area contributed by atoms with Crippen LogP contribution in [0, 0.1) is 0 Å². The van der Waals surface area contributed by atoms with Crippen molar-refractivity contribution in [3.05, 3.63) is 28.2 Å². The summed E-state index contributed by atoms with van der Waals surface area (Å²) in [5.74, 6) is 0.799. The highest BCUT2D eigenvalue weighted by molar-refractivity contribution is 9.10. The fourth-order valence-corrected chi connectivity index (χ4v) is 2.30. The molecule has 0 unspecified atom stereocenters. The first kappa shape index (κ1) is 11.5. The third-order valence-corrected chi connectivity index (χ3v) is 3.45. The first-order chi connectivity index (χ1) is 7.72. The quantitative estimate of drug-likeness (QED) is 0.835. The summed E-state index contributed by atoms with van der Waals surface area (Å²) in [7, 11) is 1.60. The molecule has 1 fully saturated rings. The van der Waals surface area contributed by atoms with E-state index in [-0.39, 0.29) is 5.91 Å². The molecule has 1 aliphatic rings. The van der Waals surface area contributed by atoms with Crippen molar-refractivity contribution in [1.29, 1.82) is 0 Å². The average molecular weight is 284 g/mol. The molecule has 4 heteroatoms. The number of rotatable bonds is 2. The van der Waals surface area contributed by atoms with Gasteiger partial charge in [0.05, 0.1) is 11.6 Å². The van der Waals surface area contributed by atoms with E-state index in [4.69, 9.17) is 4.74 Å². The van der Waals surface area contributed by atoms with Crippen LogP contribution in [-0.2, 0) is 0 Å². The molecule has 0 bridgehead atoms. The average Bonchev–Trinajstić information content (AvgIpc) is 2.82. The molecular formula is C12H14BrNO2. The van der Waals surface area contributed by atoms with Crippen LogP contribution in [0.15, 0.2) is 22.7 Å². The van der Waals surface area contributed by atoms with Gasteiger partial charge in [-0.05, 0) is 47.0 Å². The Kier molecular flexibility index (Phi) is 3.49. The molecular weight excluding hydrogens is 270 g/mol. The minimum Gasteiger partial charge on any atom is -0.496 e. The van der Waals surface area contributed by atoms with Crippen molar-refractivity contribution in [1.82, 2.24) is 4.90 Å². The number of halogens is 1. The van der Waals surface area contributed by atoms with Gasteiger partial charge in [-0.25, -0.2) is 0 Å². The van der Waals surface area contributed by atoms with Crippen LogP contribution < -0.4 is 4.74 Å². The van der Waals surface area contributed by atoms with Gasteiger partial charge in [0.2, 0.25) is 0 Å². The van der Waals surface area contributed by atoms with Crippen LogP contribution in [0.4, 0.5) is 0 Å². The summed E-state index contributed by atoms with van der Waals surface area (Å²) in [4.78, 5) is 14.0. The van der Waals surface area contributed by atoms with Crippen molar-refractivity contribution in [2.75, 3.05) is 20.2 Å². The summed E-state index contributed by atoms with van der Waals surface area (Å²) in [6.45, 7) is 1.74. The number of methoxy groups -OCH3 is 1. The predicted octanol–water partition coefficient (Wildman–Crippen LogP) is 2.69. The van der Waals surface area contributed by atoms with E-state index >= 15 is 0 Å². The van der Waals surface area contributed by atoms with E-state index in [9.17, 15) is 4.79 Å². The van der Waals surface area contributed by atoms with Gasteiger partial charge in [-0.3, -0.25) is 4.79 Å². The molecule has 0 atom stereocenters. The van der Waals surface area contributed by atoms with Gasteiger partial charge in [0, 0.05) is 18.7 Å². The monoisotopic (exact) mass is 283 g/mol. The molecule has 1 aromatic rings. The summed E-state index contributed by atoms with van der Waals surface area (Å²) in [6, 6.07) is 5.46. The molecule has 0 radical (unpaired) electrons. The Hall–Kier alpha value is -1.03. The number of hydrogen-bond donors (Lipinski definition) is 0. The summed E-state index contributed by atoms with van der Waals surface area (Å²) in [6.07, 6.45) is 2.22. The van der Waals surface area contributed by atoms with Crippen LogP contribution in [0.2, 0.25) is 0 Å². The number of hydrogen-bond acceptors (Lipinski definition) is 2. The lowest BCUT2D eigenvalue weighted by molar-refractivity contribution is 0.0792. The summed E-state index contributed by atoms with van der Waals surface area (Å²) >= 11 is 3.37. The molecule has 1 aliphatic heterocycles. The topological polar surface area (TPSA) is 29.5 Å². The SMILES string of the molecule is COc1cc(C(=O)N2CCCC2)ccc1Br. The van der Waals surface area contributed by atoms with Crippen molar-refractivity contribution in [2.45, 2.75) is 12.8 Å². The lowest BCUT2D eigenvalue weighted by atomic mass is 10.2. The predicted molar refractivity (Wildman–Crippen MR) is 65.8 cm³/mol. The molecule has 1 heterocycles. The van der Waals surface area contributed by atoms with E-state index in [1.165, 1.54) is 0 Å². The normalized spacial score (nSPS) is 15.2. The van der Waals surface area contributed by atoms with Gasteiger partial charge < -0.3 is 9.64 Å². The van der Waals surface area contributed by atoms with Gasteiger partial charge in [-0.15, -0.1) is 0 Å². The molecule has 0 aromatic heterocycles. The minimum absolute atomic E-state index is 0.100. The molecule has 2 rings (SSSR count). The highest BCUT2D eigenvalue weighted by atomic mass is 79.9. The zero-order valence-electron chi connectivity index (χ0n) is 9.20. The third-order valence-electron chi connectivity index (χ3n) is 2.79. The Bertz CT molecular complexity index is 400. The van der Waals surface area contributed by atoms with Crippen LogP contribution in [0.25, 0.3) is 0 Å². The second-order valence-corrected chi connectivity index (χ2v) is 4.70. The molecule has 86 valence electrons. The van der Waals surface area contributed by atoms with Gasteiger partial charge >= 0.3 is 0 Å². The minimum atomic E-state index is 0.100. The summed E-state index contributed by atoms with van der Waals surface area (Å²) in [5, 5.41) is 0. The summed E-state index contributed by atoms with van der Waals surface area (Å²) in [5.41, 5.74) is 0.696. The maximum Gasteiger partial charge on any atom is 0.253 e. The van der Waals surface area contributed by atoms with E-state index < -0.39 is 0 Å². The first-order valence-electron chi connectivity index (χ1n) is 5.35. The summed E-state index contributed by atoms with van der Waals surface area (Å²) < 4.78 is 6.05. The van der Waals surface area contributed by atoms with Gasteiger partial charge in [-0.2, -0.15) is 0 Å². The number of nitrogens with zero attached hydrogens (tertiary/aromatic N) is 1. The van der Waals surface area contributed by atoms with Gasteiger partial charge in [0.25, 0.3) is 5.91 Å². The zero-order valence-corrected chi connectivity index (χ0v) is 10.8. The Morgan fingerprint density at radius 2 is 2.06 bits per heavy atom. The Labute approximate surface area is 104 Å². The lowest BCUT2D eigenvalue weighted by Crippen LogP contribution is -2.27. The van der Waals surface area contributed by atoms with Crippen molar-refractivity contribution in [3.8, 4) is 5.75 Å². The molecule has 1 saturated heterocycles. The molecule has 0 saturated carbocycles. The molecule has 16 heavy (non-hydrogen) atoms. The number of benzene rings is 1. The third kappa shape index (κ3) is 2.21. The van der Waals surface area contributed by atoms with Gasteiger partial charge in [0.15, 0.2) is 0 Å². The Morgan fingerprint density at radius 1 is 1.38 bits per heavy atom.